The Morgan fingerprint density at radius 1 is 1.19 bits per heavy atom. The first kappa shape index (κ1) is 21.9. The van der Waals surface area contributed by atoms with Crippen LogP contribution in [0, 0.1) is 10.1 Å². The lowest BCUT2D eigenvalue weighted by molar-refractivity contribution is -0.385. The SMILES string of the molecule is CN(C)c1nc(NCc2ccccc2)nc(NN=Cc2cc([N+](=O)[O-])cc(Br)c2O)n1. The number of hydrazone groups is 1. The van der Waals surface area contributed by atoms with Gasteiger partial charge in [0.25, 0.3) is 5.69 Å². The maximum absolute atomic E-state index is 11.0. The van der Waals surface area contributed by atoms with E-state index in [0.717, 1.165) is 5.56 Å². The van der Waals surface area contributed by atoms with E-state index in [0.29, 0.717) is 18.4 Å². The first-order chi connectivity index (χ1) is 14.8. The second-order valence-corrected chi connectivity index (χ2v) is 7.36. The van der Waals surface area contributed by atoms with Crippen molar-refractivity contribution in [1.82, 2.24) is 15.0 Å². The zero-order valence-corrected chi connectivity index (χ0v) is 18.2. The first-order valence-electron chi connectivity index (χ1n) is 9.00. The standard InChI is InChI=1S/C19H19BrN8O3/c1-27(2)19-24-17(21-10-12-6-4-3-5-7-12)23-18(25-19)26-22-11-13-8-14(28(30)31)9-15(20)16(13)29/h3-9,11,29H,10H2,1-2H3,(H2,21,23,24,25,26). The molecule has 0 saturated heterocycles. The third kappa shape index (κ3) is 5.85. The van der Waals surface area contributed by atoms with Crippen molar-refractivity contribution < 1.29 is 10.0 Å². The lowest BCUT2D eigenvalue weighted by atomic mass is 10.2. The summed E-state index contributed by atoms with van der Waals surface area (Å²) in [5.74, 6) is 0.742. The molecule has 0 bridgehead atoms. The lowest BCUT2D eigenvalue weighted by Gasteiger charge is -2.13. The van der Waals surface area contributed by atoms with Gasteiger partial charge in [0.15, 0.2) is 0 Å². The van der Waals surface area contributed by atoms with E-state index in [1.54, 1.807) is 19.0 Å². The third-order valence-electron chi connectivity index (χ3n) is 3.97. The van der Waals surface area contributed by atoms with Gasteiger partial charge in [0, 0.05) is 38.3 Å². The maximum Gasteiger partial charge on any atom is 0.271 e. The first-order valence-corrected chi connectivity index (χ1v) is 9.80. The predicted octanol–water partition coefficient (Wildman–Crippen LogP) is 3.37. The number of hydrogen-bond acceptors (Lipinski definition) is 10. The highest BCUT2D eigenvalue weighted by molar-refractivity contribution is 9.10. The van der Waals surface area contributed by atoms with Crippen LogP contribution in [0.5, 0.6) is 5.75 Å². The van der Waals surface area contributed by atoms with E-state index in [1.807, 2.05) is 30.3 Å². The quantitative estimate of drug-likeness (QED) is 0.248. The van der Waals surface area contributed by atoms with Gasteiger partial charge < -0.3 is 15.3 Å². The minimum Gasteiger partial charge on any atom is -0.506 e. The Bertz CT molecular complexity index is 1110. The molecule has 31 heavy (non-hydrogen) atoms. The summed E-state index contributed by atoms with van der Waals surface area (Å²) in [7, 11) is 3.59. The van der Waals surface area contributed by atoms with Crippen molar-refractivity contribution in [3.05, 3.63) is 68.2 Å². The summed E-state index contributed by atoms with van der Waals surface area (Å²) >= 11 is 3.09. The highest BCUT2D eigenvalue weighted by Gasteiger charge is 2.14. The molecular formula is C19H19BrN8O3. The van der Waals surface area contributed by atoms with E-state index in [2.05, 4.69) is 46.7 Å². The molecule has 11 nitrogen and oxygen atoms in total. The van der Waals surface area contributed by atoms with E-state index < -0.39 is 4.92 Å². The number of benzene rings is 2. The van der Waals surface area contributed by atoms with Gasteiger partial charge in [-0.15, -0.1) is 0 Å². The number of nitro benzene ring substituents is 1. The van der Waals surface area contributed by atoms with Crippen LogP contribution in [-0.4, -0.2) is 45.3 Å². The smallest absolute Gasteiger partial charge is 0.271 e. The third-order valence-corrected chi connectivity index (χ3v) is 4.58. The summed E-state index contributed by atoms with van der Waals surface area (Å²) in [6.45, 7) is 0.524. The van der Waals surface area contributed by atoms with Crippen LogP contribution in [0.3, 0.4) is 0 Å². The van der Waals surface area contributed by atoms with Crippen molar-refractivity contribution in [2.75, 3.05) is 29.7 Å². The van der Waals surface area contributed by atoms with Gasteiger partial charge in [-0.1, -0.05) is 30.3 Å². The number of aromatic nitrogens is 3. The molecule has 0 atom stereocenters. The Balaban J connectivity index is 1.79. The molecule has 0 unspecified atom stereocenters. The number of phenolic OH excluding ortho intramolecular Hbond substituents is 1. The Morgan fingerprint density at radius 3 is 2.58 bits per heavy atom. The molecule has 0 aliphatic heterocycles. The fourth-order valence-corrected chi connectivity index (χ4v) is 2.90. The molecule has 12 heteroatoms. The minimum atomic E-state index is -0.561. The summed E-state index contributed by atoms with van der Waals surface area (Å²) < 4.78 is 0.186. The monoisotopic (exact) mass is 486 g/mol. The molecule has 3 aromatic rings. The fourth-order valence-electron chi connectivity index (χ4n) is 2.44. The van der Waals surface area contributed by atoms with Crippen LogP contribution in [-0.2, 0) is 6.54 Å². The number of hydrogen-bond donors (Lipinski definition) is 3. The number of anilines is 3. The van der Waals surface area contributed by atoms with Crippen LogP contribution in [0.25, 0.3) is 0 Å². The molecule has 2 aromatic carbocycles. The van der Waals surface area contributed by atoms with Gasteiger partial charge in [-0.25, -0.2) is 5.43 Å². The van der Waals surface area contributed by atoms with Crippen LogP contribution in [0.1, 0.15) is 11.1 Å². The average Bonchev–Trinajstić information content (AvgIpc) is 2.75. The van der Waals surface area contributed by atoms with Crippen LogP contribution in [0.4, 0.5) is 23.5 Å². The molecule has 1 aromatic heterocycles. The second-order valence-electron chi connectivity index (χ2n) is 6.51. The number of nitro groups is 1. The Labute approximate surface area is 186 Å². The van der Waals surface area contributed by atoms with Crippen molar-refractivity contribution >= 4 is 45.7 Å². The highest BCUT2D eigenvalue weighted by atomic mass is 79.9. The normalized spacial score (nSPS) is 10.8. The molecule has 0 aliphatic rings. The van der Waals surface area contributed by atoms with Crippen molar-refractivity contribution in [2.45, 2.75) is 6.54 Å². The van der Waals surface area contributed by atoms with E-state index in [-0.39, 0.29) is 27.4 Å². The van der Waals surface area contributed by atoms with Crippen LogP contribution < -0.4 is 15.6 Å². The summed E-state index contributed by atoms with van der Waals surface area (Å²) in [6.07, 6.45) is 1.24. The van der Waals surface area contributed by atoms with Crippen molar-refractivity contribution in [2.24, 2.45) is 5.10 Å². The topological polar surface area (TPSA) is 142 Å². The lowest BCUT2D eigenvalue weighted by Crippen LogP contribution is -2.16. The van der Waals surface area contributed by atoms with Gasteiger partial charge in [0.1, 0.15) is 5.75 Å². The Kier molecular flexibility index (Phi) is 6.92. The Hall–Kier alpha value is -3.80. The highest BCUT2D eigenvalue weighted by Crippen LogP contribution is 2.31. The van der Waals surface area contributed by atoms with Crippen LogP contribution in [0.15, 0.2) is 52.0 Å². The van der Waals surface area contributed by atoms with Gasteiger partial charge in [-0.3, -0.25) is 10.1 Å². The zero-order valence-electron chi connectivity index (χ0n) is 16.7. The average molecular weight is 487 g/mol. The summed E-state index contributed by atoms with van der Waals surface area (Å²) in [6, 6.07) is 12.2. The number of nitrogens with zero attached hydrogens (tertiary/aromatic N) is 6. The summed E-state index contributed by atoms with van der Waals surface area (Å²) in [4.78, 5) is 25.1. The number of nitrogens with one attached hydrogen (secondary N) is 2. The van der Waals surface area contributed by atoms with Crippen LogP contribution in [0.2, 0.25) is 0 Å². The molecule has 3 N–H and O–H groups in total. The number of non-ortho nitro benzene ring substituents is 1. The van der Waals surface area contributed by atoms with E-state index in [9.17, 15) is 15.2 Å². The zero-order chi connectivity index (χ0) is 22.4. The van der Waals surface area contributed by atoms with E-state index in [4.69, 9.17) is 0 Å². The summed E-state index contributed by atoms with van der Waals surface area (Å²) in [5.41, 5.74) is 3.69. The second kappa shape index (κ2) is 9.80. The summed E-state index contributed by atoms with van der Waals surface area (Å²) in [5, 5.41) is 28.2. The molecule has 160 valence electrons. The molecule has 0 fully saturated rings. The van der Waals surface area contributed by atoms with Gasteiger partial charge >= 0.3 is 0 Å². The molecule has 0 radical (unpaired) electrons. The number of aromatic hydroxyl groups is 1. The predicted molar refractivity (Wildman–Crippen MR) is 122 cm³/mol. The Morgan fingerprint density at radius 2 is 1.90 bits per heavy atom. The van der Waals surface area contributed by atoms with Crippen molar-refractivity contribution in [3.63, 3.8) is 0 Å². The van der Waals surface area contributed by atoms with E-state index >= 15 is 0 Å². The van der Waals surface area contributed by atoms with Gasteiger partial charge in [0.2, 0.25) is 17.8 Å². The van der Waals surface area contributed by atoms with Crippen molar-refractivity contribution in [1.29, 1.82) is 0 Å². The van der Waals surface area contributed by atoms with Gasteiger partial charge in [0.05, 0.1) is 15.6 Å². The molecule has 0 spiro atoms. The molecule has 0 saturated carbocycles. The molecule has 0 amide bonds. The molecular weight excluding hydrogens is 468 g/mol. The largest absolute Gasteiger partial charge is 0.506 e. The van der Waals surface area contributed by atoms with E-state index in [1.165, 1.54) is 18.3 Å². The minimum absolute atomic E-state index is 0.151. The maximum atomic E-state index is 11.0. The van der Waals surface area contributed by atoms with Gasteiger partial charge in [-0.05, 0) is 21.5 Å². The number of phenols is 1. The molecule has 0 aliphatic carbocycles. The number of halogens is 1. The fraction of sp³-hybridized carbons (Fsp3) is 0.158. The van der Waals surface area contributed by atoms with Gasteiger partial charge in [-0.2, -0.15) is 20.1 Å². The van der Waals surface area contributed by atoms with Crippen molar-refractivity contribution in [3.8, 4) is 5.75 Å². The van der Waals surface area contributed by atoms with Crippen LogP contribution >= 0.6 is 15.9 Å². The number of rotatable bonds is 8. The molecule has 3 rings (SSSR count). The molecule has 1 heterocycles.